The molecule has 2 amide bonds. The van der Waals surface area contributed by atoms with E-state index in [0.29, 0.717) is 19.4 Å². The number of halogens is 1. The average molecular weight is 455 g/mol. The predicted octanol–water partition coefficient (Wildman–Crippen LogP) is 1.67. The van der Waals surface area contributed by atoms with Gasteiger partial charge in [0, 0.05) is 18.7 Å². The van der Waals surface area contributed by atoms with E-state index in [2.05, 4.69) is 10.6 Å². The predicted molar refractivity (Wildman–Crippen MR) is 126 cm³/mol. The lowest BCUT2D eigenvalue weighted by molar-refractivity contribution is -0.130. The highest BCUT2D eigenvalue weighted by Gasteiger charge is 2.37. The molecule has 1 fully saturated rings. The molecule has 3 rings (SSSR count). The van der Waals surface area contributed by atoms with Crippen LogP contribution in [-0.4, -0.2) is 53.6 Å². The maximum Gasteiger partial charge on any atom is 0.475 e. The molecule has 2 aromatic rings. The number of nitrogens with zero attached hydrogens (tertiary/aromatic N) is 1. The third-order valence-corrected chi connectivity index (χ3v) is 5.81. The van der Waals surface area contributed by atoms with E-state index in [9.17, 15) is 24.0 Å². The van der Waals surface area contributed by atoms with Crippen LogP contribution in [0.5, 0.6) is 0 Å². The first-order valence-electron chi connectivity index (χ1n) is 11.3. The van der Waals surface area contributed by atoms with Crippen molar-refractivity contribution < 1.29 is 24.0 Å². The van der Waals surface area contributed by atoms with Crippen LogP contribution < -0.4 is 15.5 Å². The minimum Gasteiger partial charge on any atom is -0.426 e. The Kier molecular flexibility index (Phi) is 8.46. The number of rotatable bonds is 10. The third kappa shape index (κ3) is 6.79. The molecule has 0 bridgehead atoms. The lowest BCUT2D eigenvalue weighted by Crippen LogP contribution is -2.61. The summed E-state index contributed by atoms with van der Waals surface area (Å²) in [5, 5.41) is 24.9. The van der Waals surface area contributed by atoms with Gasteiger partial charge in [0.25, 0.3) is 0 Å². The van der Waals surface area contributed by atoms with Crippen molar-refractivity contribution in [2.75, 3.05) is 11.4 Å². The molecule has 4 N–H and O–H groups in total. The fourth-order valence-electron chi connectivity index (χ4n) is 3.97. The van der Waals surface area contributed by atoms with Gasteiger partial charge in [0.2, 0.25) is 11.8 Å². The van der Waals surface area contributed by atoms with Gasteiger partial charge in [0.05, 0.1) is 5.94 Å². The SMILES string of the molecule is CC(C)C[C@@H](NC(=O)[C@H](Cc1ccccc1)NC(=O)[C@@H]1CCN1c1ccc(F)cc1)B(O)O. The minimum absolute atomic E-state index is 0.138. The molecule has 1 saturated heterocycles. The van der Waals surface area contributed by atoms with Crippen LogP contribution in [-0.2, 0) is 16.0 Å². The molecule has 176 valence electrons. The fourth-order valence-corrected chi connectivity index (χ4v) is 3.97. The van der Waals surface area contributed by atoms with Crippen LogP contribution in [0.4, 0.5) is 10.1 Å². The lowest BCUT2D eigenvalue weighted by Gasteiger charge is -2.42. The summed E-state index contributed by atoms with van der Waals surface area (Å²) in [5.74, 6) is -1.82. The molecule has 1 aliphatic rings. The maximum absolute atomic E-state index is 13.3. The Bertz CT molecular complexity index is 927. The molecule has 0 unspecified atom stereocenters. The van der Waals surface area contributed by atoms with Gasteiger partial charge in [-0.3, -0.25) is 9.59 Å². The number of hydrogen-bond donors (Lipinski definition) is 4. The second-order valence-electron chi connectivity index (χ2n) is 8.88. The van der Waals surface area contributed by atoms with Crippen LogP contribution in [0, 0.1) is 11.7 Å². The molecular weight excluding hydrogens is 424 g/mol. The maximum atomic E-state index is 13.3. The minimum atomic E-state index is -1.70. The monoisotopic (exact) mass is 455 g/mol. The summed E-state index contributed by atoms with van der Waals surface area (Å²) >= 11 is 0. The molecule has 0 aromatic heterocycles. The van der Waals surface area contributed by atoms with E-state index in [1.807, 2.05) is 49.1 Å². The van der Waals surface area contributed by atoms with Crippen LogP contribution in [0.3, 0.4) is 0 Å². The number of benzene rings is 2. The molecule has 3 atom stereocenters. The number of carbonyl (C=O) groups is 2. The van der Waals surface area contributed by atoms with Crippen molar-refractivity contribution >= 4 is 24.6 Å². The molecule has 0 spiro atoms. The van der Waals surface area contributed by atoms with Gasteiger partial charge in [-0.05, 0) is 48.6 Å². The highest BCUT2D eigenvalue weighted by atomic mass is 19.1. The number of hydrogen-bond acceptors (Lipinski definition) is 5. The number of anilines is 1. The zero-order valence-corrected chi connectivity index (χ0v) is 18.9. The van der Waals surface area contributed by atoms with Gasteiger partial charge in [-0.25, -0.2) is 4.39 Å². The molecule has 33 heavy (non-hydrogen) atoms. The molecule has 1 heterocycles. The molecule has 2 aromatic carbocycles. The van der Waals surface area contributed by atoms with Gasteiger partial charge in [0.1, 0.15) is 17.9 Å². The van der Waals surface area contributed by atoms with Crippen molar-refractivity contribution in [3.63, 3.8) is 0 Å². The van der Waals surface area contributed by atoms with Gasteiger partial charge in [-0.15, -0.1) is 0 Å². The van der Waals surface area contributed by atoms with Crippen molar-refractivity contribution in [1.29, 1.82) is 0 Å². The Morgan fingerprint density at radius 2 is 1.76 bits per heavy atom. The fraction of sp³-hybridized carbons (Fsp3) is 0.417. The second-order valence-corrected chi connectivity index (χ2v) is 8.88. The van der Waals surface area contributed by atoms with Crippen molar-refractivity contribution in [1.82, 2.24) is 10.6 Å². The van der Waals surface area contributed by atoms with Crippen LogP contribution >= 0.6 is 0 Å². The van der Waals surface area contributed by atoms with E-state index in [4.69, 9.17) is 0 Å². The number of nitrogens with one attached hydrogen (secondary N) is 2. The van der Waals surface area contributed by atoms with Crippen LogP contribution in [0.15, 0.2) is 54.6 Å². The van der Waals surface area contributed by atoms with E-state index in [1.165, 1.54) is 12.1 Å². The topological polar surface area (TPSA) is 102 Å². The smallest absolute Gasteiger partial charge is 0.426 e. The highest BCUT2D eigenvalue weighted by Crippen LogP contribution is 2.27. The van der Waals surface area contributed by atoms with E-state index in [1.54, 1.807) is 12.1 Å². The molecule has 7 nitrogen and oxygen atoms in total. The Morgan fingerprint density at radius 1 is 1.09 bits per heavy atom. The van der Waals surface area contributed by atoms with E-state index in [-0.39, 0.29) is 24.1 Å². The van der Waals surface area contributed by atoms with E-state index < -0.39 is 31.1 Å². The summed E-state index contributed by atoms with van der Waals surface area (Å²) in [6.45, 7) is 4.50. The Labute approximate surface area is 194 Å². The summed E-state index contributed by atoms with van der Waals surface area (Å²) in [5.41, 5.74) is 1.61. The van der Waals surface area contributed by atoms with Gasteiger partial charge < -0.3 is 25.6 Å². The summed E-state index contributed by atoms with van der Waals surface area (Å²) in [6, 6.07) is 13.9. The molecule has 9 heteroatoms. The first kappa shape index (κ1) is 24.7. The standard InChI is InChI=1S/C24H31BFN3O4/c1-16(2)14-22(25(32)33)28-23(30)20(15-17-6-4-3-5-7-17)27-24(31)21-12-13-29(21)19-10-8-18(26)9-11-19/h3-11,16,20-22,32-33H,12-15H2,1-2H3,(H,27,31)(H,28,30)/t20-,21-,22+/m0/s1. The first-order valence-corrected chi connectivity index (χ1v) is 11.3. The quantitative estimate of drug-likeness (QED) is 0.409. The van der Waals surface area contributed by atoms with Crippen molar-refractivity contribution in [3.8, 4) is 0 Å². The van der Waals surface area contributed by atoms with Crippen LogP contribution in [0.25, 0.3) is 0 Å². The number of amides is 2. The Hall–Kier alpha value is -2.91. The van der Waals surface area contributed by atoms with Crippen LogP contribution in [0.1, 0.15) is 32.3 Å². The average Bonchev–Trinajstić information content (AvgIpc) is 2.74. The molecule has 0 radical (unpaired) electrons. The van der Waals surface area contributed by atoms with E-state index >= 15 is 0 Å². The largest absolute Gasteiger partial charge is 0.475 e. The Morgan fingerprint density at radius 3 is 2.30 bits per heavy atom. The summed E-state index contributed by atoms with van der Waals surface area (Å²) in [4.78, 5) is 28.0. The Balaban J connectivity index is 1.72. The van der Waals surface area contributed by atoms with Crippen molar-refractivity contribution in [3.05, 3.63) is 66.0 Å². The van der Waals surface area contributed by atoms with Gasteiger partial charge in [-0.1, -0.05) is 44.2 Å². The third-order valence-electron chi connectivity index (χ3n) is 5.81. The normalized spacial score (nSPS) is 17.2. The zero-order valence-electron chi connectivity index (χ0n) is 18.9. The van der Waals surface area contributed by atoms with E-state index in [0.717, 1.165) is 11.3 Å². The first-order chi connectivity index (χ1) is 15.7. The lowest BCUT2D eigenvalue weighted by atomic mass is 9.75. The van der Waals surface area contributed by atoms with Gasteiger partial charge >= 0.3 is 7.12 Å². The molecular formula is C24H31BFN3O4. The highest BCUT2D eigenvalue weighted by molar-refractivity contribution is 6.43. The summed E-state index contributed by atoms with van der Waals surface area (Å²) in [6.07, 6.45) is 1.27. The summed E-state index contributed by atoms with van der Waals surface area (Å²) < 4.78 is 13.3. The van der Waals surface area contributed by atoms with Crippen molar-refractivity contribution in [2.45, 2.75) is 51.1 Å². The molecule has 1 aliphatic heterocycles. The molecule has 0 saturated carbocycles. The summed E-state index contributed by atoms with van der Waals surface area (Å²) in [7, 11) is -1.70. The molecule has 0 aliphatic carbocycles. The van der Waals surface area contributed by atoms with Gasteiger partial charge in [0.15, 0.2) is 0 Å². The van der Waals surface area contributed by atoms with Gasteiger partial charge in [-0.2, -0.15) is 0 Å². The van der Waals surface area contributed by atoms with Crippen molar-refractivity contribution in [2.24, 2.45) is 5.92 Å². The zero-order chi connectivity index (χ0) is 24.0. The van der Waals surface area contributed by atoms with Crippen LogP contribution in [0.2, 0.25) is 0 Å². The second kappa shape index (κ2) is 11.3. The number of carbonyl (C=O) groups excluding carboxylic acids is 2.